The van der Waals surface area contributed by atoms with E-state index in [1.165, 1.54) is 7.11 Å². The van der Waals surface area contributed by atoms with E-state index in [0.29, 0.717) is 21.2 Å². The number of carbonyl (C=O) groups excluding carboxylic acids is 2. The predicted octanol–water partition coefficient (Wildman–Crippen LogP) is 2.73. The molecule has 0 saturated carbocycles. The Morgan fingerprint density at radius 2 is 2.00 bits per heavy atom. The van der Waals surface area contributed by atoms with Crippen molar-refractivity contribution in [1.82, 2.24) is 0 Å². The number of hydrogen-bond acceptors (Lipinski definition) is 6. The van der Waals surface area contributed by atoms with E-state index >= 15 is 0 Å². The second kappa shape index (κ2) is 7.42. The Hall–Kier alpha value is -2.85. The van der Waals surface area contributed by atoms with Crippen LogP contribution in [0, 0.1) is 18.3 Å². The smallest absolute Gasteiger partial charge is 0.348 e. The van der Waals surface area contributed by atoms with Gasteiger partial charge in [-0.05, 0) is 42.8 Å². The van der Waals surface area contributed by atoms with Gasteiger partial charge < -0.3 is 14.8 Å². The van der Waals surface area contributed by atoms with Crippen LogP contribution in [-0.4, -0.2) is 25.6 Å². The lowest BCUT2D eigenvalue weighted by Gasteiger charge is -2.06. The van der Waals surface area contributed by atoms with Crippen LogP contribution in [-0.2, 0) is 9.53 Å². The number of nitriles is 1. The molecule has 118 valence electrons. The third kappa shape index (κ3) is 4.31. The zero-order chi connectivity index (χ0) is 16.8. The van der Waals surface area contributed by atoms with Crippen LogP contribution < -0.4 is 10.1 Å². The normalized spacial score (nSPS) is 9.78. The molecule has 7 heteroatoms. The van der Waals surface area contributed by atoms with Crippen LogP contribution in [0.1, 0.15) is 20.8 Å². The molecule has 0 radical (unpaired) electrons. The molecule has 0 bridgehead atoms. The highest BCUT2D eigenvalue weighted by molar-refractivity contribution is 7.18. The van der Waals surface area contributed by atoms with Crippen molar-refractivity contribution in [2.24, 2.45) is 0 Å². The maximum Gasteiger partial charge on any atom is 0.348 e. The first-order valence-corrected chi connectivity index (χ1v) is 7.46. The monoisotopic (exact) mass is 330 g/mol. The van der Waals surface area contributed by atoms with Crippen LogP contribution in [0.25, 0.3) is 0 Å². The summed E-state index contributed by atoms with van der Waals surface area (Å²) in [7, 11) is 1.31. The number of carbonyl (C=O) groups is 2. The molecule has 1 heterocycles. The van der Waals surface area contributed by atoms with Crippen molar-refractivity contribution < 1.29 is 19.1 Å². The fourth-order valence-corrected chi connectivity index (χ4v) is 2.79. The third-order valence-corrected chi connectivity index (χ3v) is 4.04. The zero-order valence-electron chi connectivity index (χ0n) is 12.6. The average Bonchev–Trinajstić information content (AvgIpc) is 2.93. The zero-order valence-corrected chi connectivity index (χ0v) is 13.4. The molecule has 1 amide bonds. The number of aryl methyl sites for hydroxylation is 1. The summed E-state index contributed by atoms with van der Waals surface area (Å²) in [4.78, 5) is 23.8. The Balaban J connectivity index is 1.92. The largest absolute Gasteiger partial charge is 0.484 e. The van der Waals surface area contributed by atoms with Crippen LogP contribution in [0.4, 0.5) is 5.00 Å². The molecule has 2 aromatic rings. The van der Waals surface area contributed by atoms with Crippen LogP contribution in [0.5, 0.6) is 5.75 Å². The molecule has 0 fully saturated rings. The van der Waals surface area contributed by atoms with Crippen LogP contribution in [0.15, 0.2) is 30.3 Å². The van der Waals surface area contributed by atoms with E-state index in [2.05, 4.69) is 10.1 Å². The molecule has 1 aromatic carbocycles. The molecule has 6 nitrogen and oxygen atoms in total. The summed E-state index contributed by atoms with van der Waals surface area (Å²) in [5.74, 6) is -0.273. The summed E-state index contributed by atoms with van der Waals surface area (Å²) < 4.78 is 10.0. The van der Waals surface area contributed by atoms with Crippen molar-refractivity contribution >= 4 is 28.2 Å². The molecule has 0 unspecified atom stereocenters. The molecular weight excluding hydrogens is 316 g/mol. The van der Waals surface area contributed by atoms with Gasteiger partial charge in [-0.3, -0.25) is 4.79 Å². The summed E-state index contributed by atoms with van der Waals surface area (Å²) in [6.45, 7) is 1.60. The number of anilines is 1. The van der Waals surface area contributed by atoms with Gasteiger partial charge in [-0.25, -0.2) is 4.79 Å². The molecule has 1 aromatic heterocycles. The van der Waals surface area contributed by atoms with Crippen LogP contribution in [0.3, 0.4) is 0 Å². The standard InChI is InChI=1S/C16H14N2O4S/c1-10-7-14(23-15(10)16(20)21-2)18-13(19)9-22-12-5-3-11(8-17)4-6-12/h3-7H,9H2,1-2H3,(H,18,19). The number of hydrogen-bond donors (Lipinski definition) is 1. The van der Waals surface area contributed by atoms with Gasteiger partial charge in [0.2, 0.25) is 0 Å². The van der Waals surface area contributed by atoms with Gasteiger partial charge in [-0.2, -0.15) is 5.26 Å². The number of esters is 1. The fourth-order valence-electron chi connectivity index (χ4n) is 1.79. The van der Waals surface area contributed by atoms with E-state index in [1.807, 2.05) is 6.07 Å². The number of methoxy groups -OCH3 is 1. The first-order chi connectivity index (χ1) is 11.0. The Bertz CT molecular complexity index is 759. The predicted molar refractivity (Wildman–Crippen MR) is 85.7 cm³/mol. The van der Waals surface area contributed by atoms with Crippen molar-refractivity contribution in [2.45, 2.75) is 6.92 Å². The Kier molecular flexibility index (Phi) is 5.33. The average molecular weight is 330 g/mol. The van der Waals surface area contributed by atoms with Crippen LogP contribution >= 0.6 is 11.3 Å². The minimum absolute atomic E-state index is 0.170. The van der Waals surface area contributed by atoms with Crippen molar-refractivity contribution in [3.63, 3.8) is 0 Å². The van der Waals surface area contributed by atoms with Crippen molar-refractivity contribution in [3.8, 4) is 11.8 Å². The molecule has 0 atom stereocenters. The van der Waals surface area contributed by atoms with Gasteiger partial charge in [0, 0.05) is 0 Å². The van der Waals surface area contributed by atoms with Gasteiger partial charge in [-0.15, -0.1) is 11.3 Å². The fraction of sp³-hybridized carbons (Fsp3) is 0.188. The molecule has 2 rings (SSSR count). The van der Waals surface area contributed by atoms with Gasteiger partial charge >= 0.3 is 5.97 Å². The maximum absolute atomic E-state index is 11.9. The van der Waals surface area contributed by atoms with E-state index in [9.17, 15) is 9.59 Å². The Morgan fingerprint density at radius 3 is 2.61 bits per heavy atom. The van der Waals surface area contributed by atoms with E-state index < -0.39 is 5.97 Å². The first-order valence-electron chi connectivity index (χ1n) is 6.65. The number of nitrogens with zero attached hydrogens (tertiary/aromatic N) is 1. The molecular formula is C16H14N2O4S. The molecule has 0 saturated heterocycles. The second-order valence-corrected chi connectivity index (χ2v) is 5.64. The number of thiophene rings is 1. The topological polar surface area (TPSA) is 88.4 Å². The van der Waals surface area contributed by atoms with E-state index in [0.717, 1.165) is 16.9 Å². The number of nitrogens with one attached hydrogen (secondary N) is 1. The second-order valence-electron chi connectivity index (χ2n) is 4.59. The van der Waals surface area contributed by atoms with Gasteiger partial charge in [0.05, 0.1) is 23.7 Å². The number of rotatable bonds is 5. The lowest BCUT2D eigenvalue weighted by atomic mass is 10.2. The first kappa shape index (κ1) is 16.5. The minimum Gasteiger partial charge on any atom is -0.484 e. The minimum atomic E-state index is -0.429. The Labute approximate surface area is 137 Å². The summed E-state index contributed by atoms with van der Waals surface area (Å²) >= 11 is 1.15. The van der Waals surface area contributed by atoms with Crippen LogP contribution in [0.2, 0.25) is 0 Å². The third-order valence-electron chi connectivity index (χ3n) is 2.90. The maximum atomic E-state index is 11.9. The SMILES string of the molecule is COC(=O)c1sc(NC(=O)COc2ccc(C#N)cc2)cc1C. The van der Waals surface area contributed by atoms with Gasteiger partial charge in [-0.1, -0.05) is 0 Å². The highest BCUT2D eigenvalue weighted by atomic mass is 32.1. The van der Waals surface area contributed by atoms with E-state index in [4.69, 9.17) is 10.00 Å². The van der Waals surface area contributed by atoms with Gasteiger partial charge in [0.1, 0.15) is 10.6 Å². The molecule has 0 aliphatic heterocycles. The molecule has 23 heavy (non-hydrogen) atoms. The van der Waals surface area contributed by atoms with Gasteiger partial charge in [0.15, 0.2) is 6.61 Å². The summed E-state index contributed by atoms with van der Waals surface area (Å²) in [6.07, 6.45) is 0. The van der Waals surface area contributed by atoms with E-state index in [-0.39, 0.29) is 12.5 Å². The molecule has 0 aliphatic carbocycles. The number of benzene rings is 1. The quantitative estimate of drug-likeness (QED) is 0.852. The summed E-state index contributed by atoms with van der Waals surface area (Å²) in [5.41, 5.74) is 1.26. The molecule has 0 spiro atoms. The lowest BCUT2D eigenvalue weighted by Crippen LogP contribution is -2.19. The van der Waals surface area contributed by atoms with Gasteiger partial charge in [0.25, 0.3) is 5.91 Å². The number of ether oxygens (including phenoxy) is 2. The lowest BCUT2D eigenvalue weighted by molar-refractivity contribution is -0.118. The highest BCUT2D eigenvalue weighted by Gasteiger charge is 2.15. The Morgan fingerprint density at radius 1 is 1.30 bits per heavy atom. The number of amides is 1. The molecule has 0 aliphatic rings. The highest BCUT2D eigenvalue weighted by Crippen LogP contribution is 2.27. The summed E-state index contributed by atoms with van der Waals surface area (Å²) in [5, 5.41) is 11.9. The van der Waals surface area contributed by atoms with Crippen molar-refractivity contribution in [2.75, 3.05) is 19.0 Å². The molecule has 1 N–H and O–H groups in total. The van der Waals surface area contributed by atoms with E-state index in [1.54, 1.807) is 37.3 Å². The van der Waals surface area contributed by atoms with Crippen molar-refractivity contribution in [3.05, 3.63) is 46.3 Å². The van der Waals surface area contributed by atoms with Crippen molar-refractivity contribution in [1.29, 1.82) is 5.26 Å². The summed E-state index contributed by atoms with van der Waals surface area (Å²) in [6, 6.07) is 10.2.